The number of rotatable bonds is 4. The molecule has 1 amide bonds. The van der Waals surface area contributed by atoms with Gasteiger partial charge in [0.1, 0.15) is 5.41 Å². The molecule has 0 bridgehead atoms. The smallest absolute Gasteiger partial charge is 0.243 e. The molecule has 1 aromatic rings. The van der Waals surface area contributed by atoms with Crippen molar-refractivity contribution in [2.75, 3.05) is 6.54 Å². The van der Waals surface area contributed by atoms with Crippen LogP contribution in [0.25, 0.3) is 0 Å². The maximum Gasteiger partial charge on any atom is 0.243 e. The van der Waals surface area contributed by atoms with Gasteiger partial charge in [-0.2, -0.15) is 5.26 Å². The van der Waals surface area contributed by atoms with Gasteiger partial charge in [-0.1, -0.05) is 36.4 Å². The fraction of sp³-hybridized carbons (Fsp3) is 0.333. The predicted octanol–water partition coefficient (Wildman–Crippen LogP) is 2.50. The molecule has 1 aliphatic heterocycles. The number of amides is 1. The molecule has 1 heterocycles. The largest absolute Gasteiger partial charge is 0.337 e. The first-order chi connectivity index (χ1) is 8.72. The fourth-order valence-corrected chi connectivity index (χ4v) is 2.38. The van der Waals surface area contributed by atoms with Crippen molar-refractivity contribution in [2.24, 2.45) is 5.41 Å². The van der Waals surface area contributed by atoms with E-state index in [9.17, 15) is 10.1 Å². The molecule has 1 fully saturated rings. The van der Waals surface area contributed by atoms with Crippen LogP contribution in [-0.4, -0.2) is 17.4 Å². The minimum absolute atomic E-state index is 0.0613. The molecule has 1 aromatic carbocycles. The van der Waals surface area contributed by atoms with Crippen LogP contribution in [0.2, 0.25) is 0 Å². The van der Waals surface area contributed by atoms with Gasteiger partial charge in [-0.25, -0.2) is 0 Å². The average molecular weight is 240 g/mol. The zero-order valence-electron chi connectivity index (χ0n) is 10.3. The van der Waals surface area contributed by atoms with Crippen molar-refractivity contribution in [1.29, 1.82) is 5.26 Å². The number of hydrogen-bond donors (Lipinski definition) is 0. The molecule has 3 nitrogen and oxygen atoms in total. The number of allylic oxidation sites excluding steroid dienone is 1. The van der Waals surface area contributed by atoms with Crippen LogP contribution in [0.15, 0.2) is 43.0 Å². The fourth-order valence-electron chi connectivity index (χ4n) is 2.38. The first-order valence-corrected chi connectivity index (χ1v) is 6.07. The van der Waals surface area contributed by atoms with Crippen molar-refractivity contribution in [2.45, 2.75) is 19.4 Å². The molecule has 92 valence electrons. The molecule has 1 aliphatic rings. The molecule has 0 saturated carbocycles. The van der Waals surface area contributed by atoms with Crippen molar-refractivity contribution >= 4 is 5.91 Å². The number of nitriles is 1. The molecular weight excluding hydrogens is 224 g/mol. The van der Waals surface area contributed by atoms with E-state index in [1.165, 1.54) is 0 Å². The van der Waals surface area contributed by atoms with Crippen molar-refractivity contribution < 1.29 is 4.79 Å². The maximum atomic E-state index is 12.3. The zero-order valence-corrected chi connectivity index (χ0v) is 10.3. The normalized spacial score (nSPS) is 22.8. The molecule has 0 unspecified atom stereocenters. The van der Waals surface area contributed by atoms with Crippen LogP contribution < -0.4 is 0 Å². The van der Waals surface area contributed by atoms with Crippen LogP contribution >= 0.6 is 0 Å². The molecular formula is C15H16N2O. The highest BCUT2D eigenvalue weighted by atomic mass is 16.2. The van der Waals surface area contributed by atoms with E-state index in [-0.39, 0.29) is 5.91 Å². The molecule has 0 radical (unpaired) electrons. The molecule has 18 heavy (non-hydrogen) atoms. The van der Waals surface area contributed by atoms with E-state index in [4.69, 9.17) is 0 Å². The maximum absolute atomic E-state index is 12.3. The van der Waals surface area contributed by atoms with E-state index in [1.807, 2.05) is 30.3 Å². The summed E-state index contributed by atoms with van der Waals surface area (Å²) in [5.74, 6) is -0.0613. The second-order valence-corrected chi connectivity index (χ2v) is 4.65. The van der Waals surface area contributed by atoms with Gasteiger partial charge in [-0.3, -0.25) is 4.79 Å². The Kier molecular flexibility index (Phi) is 3.47. The van der Waals surface area contributed by atoms with Gasteiger partial charge in [-0.05, 0) is 18.4 Å². The Bertz CT molecular complexity index is 489. The molecule has 2 rings (SSSR count). The molecule has 0 aromatic heterocycles. The zero-order chi connectivity index (χ0) is 13.0. The Hall–Kier alpha value is -2.08. The summed E-state index contributed by atoms with van der Waals surface area (Å²) >= 11 is 0. The third-order valence-electron chi connectivity index (χ3n) is 3.43. The van der Waals surface area contributed by atoms with Crippen LogP contribution in [-0.2, 0) is 11.3 Å². The first-order valence-electron chi connectivity index (χ1n) is 6.07. The summed E-state index contributed by atoms with van der Waals surface area (Å²) in [6.07, 6.45) is 2.70. The Morgan fingerprint density at radius 3 is 2.78 bits per heavy atom. The summed E-state index contributed by atoms with van der Waals surface area (Å²) in [5.41, 5.74) is 0.217. The van der Waals surface area contributed by atoms with Gasteiger partial charge in [0, 0.05) is 13.1 Å². The summed E-state index contributed by atoms with van der Waals surface area (Å²) in [6.45, 7) is 4.87. The van der Waals surface area contributed by atoms with Crippen LogP contribution in [0, 0.1) is 16.7 Å². The summed E-state index contributed by atoms with van der Waals surface area (Å²) in [4.78, 5) is 14.1. The second kappa shape index (κ2) is 5.05. The summed E-state index contributed by atoms with van der Waals surface area (Å²) in [7, 11) is 0. The van der Waals surface area contributed by atoms with Gasteiger partial charge in [0.2, 0.25) is 5.91 Å². The van der Waals surface area contributed by atoms with Gasteiger partial charge in [0.05, 0.1) is 6.07 Å². The quantitative estimate of drug-likeness (QED) is 0.759. The molecule has 1 saturated heterocycles. The van der Waals surface area contributed by atoms with E-state index in [2.05, 4.69) is 12.6 Å². The number of carbonyl (C=O) groups excluding carboxylic acids is 1. The molecule has 0 spiro atoms. The SMILES string of the molecule is C=CC[C@@]1(C#N)CCN(Cc2ccccc2)C1=O. The van der Waals surface area contributed by atoms with Crippen molar-refractivity contribution in [3.05, 3.63) is 48.6 Å². The highest BCUT2D eigenvalue weighted by Crippen LogP contribution is 2.35. The average Bonchev–Trinajstić information content (AvgIpc) is 2.70. The van der Waals surface area contributed by atoms with Crippen LogP contribution in [0.3, 0.4) is 0 Å². The Labute approximate surface area is 107 Å². The van der Waals surface area contributed by atoms with E-state index >= 15 is 0 Å². The lowest BCUT2D eigenvalue weighted by Gasteiger charge is -2.20. The van der Waals surface area contributed by atoms with Gasteiger partial charge in [0.25, 0.3) is 0 Å². The standard InChI is InChI=1S/C15H16N2O/c1-2-8-15(12-16)9-10-17(14(15)18)11-13-6-4-3-5-7-13/h2-7H,1,8-11H2/t15-/m0/s1. The van der Waals surface area contributed by atoms with Gasteiger partial charge < -0.3 is 4.90 Å². The van der Waals surface area contributed by atoms with Crippen molar-refractivity contribution in [3.8, 4) is 6.07 Å². The minimum atomic E-state index is -0.878. The van der Waals surface area contributed by atoms with E-state index in [1.54, 1.807) is 11.0 Å². The topological polar surface area (TPSA) is 44.1 Å². The molecule has 0 aliphatic carbocycles. The monoisotopic (exact) mass is 240 g/mol. The minimum Gasteiger partial charge on any atom is -0.337 e. The van der Waals surface area contributed by atoms with Gasteiger partial charge in [0.15, 0.2) is 0 Å². The number of nitrogens with zero attached hydrogens (tertiary/aromatic N) is 2. The van der Waals surface area contributed by atoms with E-state index in [0.29, 0.717) is 25.9 Å². The second-order valence-electron chi connectivity index (χ2n) is 4.65. The third-order valence-corrected chi connectivity index (χ3v) is 3.43. The number of likely N-dealkylation sites (tertiary alicyclic amines) is 1. The predicted molar refractivity (Wildman–Crippen MR) is 69.3 cm³/mol. The lowest BCUT2D eigenvalue weighted by Crippen LogP contribution is -2.33. The summed E-state index contributed by atoms with van der Waals surface area (Å²) in [5, 5.41) is 9.26. The lowest BCUT2D eigenvalue weighted by atomic mass is 9.84. The number of benzene rings is 1. The lowest BCUT2D eigenvalue weighted by molar-refractivity contribution is -0.134. The van der Waals surface area contributed by atoms with Gasteiger partial charge >= 0.3 is 0 Å². The molecule has 1 atom stereocenters. The van der Waals surface area contributed by atoms with Crippen molar-refractivity contribution in [1.82, 2.24) is 4.90 Å². The van der Waals surface area contributed by atoms with Crippen LogP contribution in [0.4, 0.5) is 0 Å². The number of hydrogen-bond acceptors (Lipinski definition) is 2. The highest BCUT2D eigenvalue weighted by Gasteiger charge is 2.45. The van der Waals surface area contributed by atoms with Crippen LogP contribution in [0.1, 0.15) is 18.4 Å². The van der Waals surface area contributed by atoms with E-state index < -0.39 is 5.41 Å². The summed E-state index contributed by atoms with van der Waals surface area (Å²) < 4.78 is 0. The van der Waals surface area contributed by atoms with Crippen LogP contribution in [0.5, 0.6) is 0 Å². The number of carbonyl (C=O) groups is 1. The molecule has 3 heteroatoms. The van der Waals surface area contributed by atoms with Gasteiger partial charge in [-0.15, -0.1) is 6.58 Å². The summed E-state index contributed by atoms with van der Waals surface area (Å²) in [6, 6.07) is 12.0. The van der Waals surface area contributed by atoms with E-state index in [0.717, 1.165) is 5.56 Å². The third kappa shape index (κ3) is 2.14. The Balaban J connectivity index is 2.12. The Morgan fingerprint density at radius 1 is 1.44 bits per heavy atom. The molecule has 0 N–H and O–H groups in total. The highest BCUT2D eigenvalue weighted by molar-refractivity contribution is 5.87. The Morgan fingerprint density at radius 2 is 2.17 bits per heavy atom. The van der Waals surface area contributed by atoms with Crippen molar-refractivity contribution in [3.63, 3.8) is 0 Å². The first kappa shape index (κ1) is 12.4.